The molecule has 2 aromatic rings. The van der Waals surface area contributed by atoms with Gasteiger partial charge in [0.25, 0.3) is 5.91 Å². The topological polar surface area (TPSA) is 49.9 Å². The van der Waals surface area contributed by atoms with Crippen LogP contribution in [0, 0.1) is 11.7 Å². The third-order valence-corrected chi connectivity index (χ3v) is 6.23. The molecule has 4 rings (SSSR count). The van der Waals surface area contributed by atoms with Crippen LogP contribution in [0.2, 0.25) is 0 Å². The summed E-state index contributed by atoms with van der Waals surface area (Å²) < 4.78 is 18.9. The zero-order valence-electron chi connectivity index (χ0n) is 17.9. The van der Waals surface area contributed by atoms with Crippen LogP contribution in [-0.4, -0.2) is 60.5 Å². The second kappa shape index (κ2) is 9.60. The first-order valence-corrected chi connectivity index (χ1v) is 11.1. The van der Waals surface area contributed by atoms with Gasteiger partial charge >= 0.3 is 0 Å². The predicted octanol–water partition coefficient (Wildman–Crippen LogP) is 3.52. The molecule has 0 unspecified atom stereocenters. The standard InChI is InChI=1S/C25H29FN2O3/c1-2-27-12-13-28(25(30)23-7-4-14-31-23)17-21(24(27)29)16-18-5-3-6-20(15-18)19-8-10-22(26)11-9-19/h3,5-6,8-11,15,21,23H,2,4,7,12-14,16-17H2,1H3/t21-,23-/m0/s1. The number of hydrogen-bond acceptors (Lipinski definition) is 3. The van der Waals surface area contributed by atoms with E-state index in [2.05, 4.69) is 0 Å². The smallest absolute Gasteiger partial charge is 0.251 e. The van der Waals surface area contributed by atoms with Gasteiger partial charge in [0.15, 0.2) is 0 Å². The first kappa shape index (κ1) is 21.5. The van der Waals surface area contributed by atoms with Crippen LogP contribution < -0.4 is 0 Å². The molecule has 0 spiro atoms. The van der Waals surface area contributed by atoms with E-state index in [-0.39, 0.29) is 29.7 Å². The van der Waals surface area contributed by atoms with Gasteiger partial charge < -0.3 is 14.5 Å². The highest BCUT2D eigenvalue weighted by molar-refractivity contribution is 5.84. The molecule has 0 N–H and O–H groups in total. The van der Waals surface area contributed by atoms with Gasteiger partial charge in [0.2, 0.25) is 5.91 Å². The van der Waals surface area contributed by atoms with Crippen molar-refractivity contribution in [2.75, 3.05) is 32.8 Å². The molecule has 2 fully saturated rings. The highest BCUT2D eigenvalue weighted by Gasteiger charge is 2.35. The molecule has 164 valence electrons. The van der Waals surface area contributed by atoms with Crippen molar-refractivity contribution in [1.29, 1.82) is 0 Å². The predicted molar refractivity (Wildman–Crippen MR) is 117 cm³/mol. The molecule has 2 atom stereocenters. The van der Waals surface area contributed by atoms with Crippen molar-refractivity contribution in [3.63, 3.8) is 0 Å². The average molecular weight is 425 g/mol. The second-order valence-electron chi connectivity index (χ2n) is 8.31. The molecule has 2 heterocycles. The minimum atomic E-state index is -0.370. The summed E-state index contributed by atoms with van der Waals surface area (Å²) in [5.41, 5.74) is 2.95. The van der Waals surface area contributed by atoms with Gasteiger partial charge in [-0.05, 0) is 55.0 Å². The molecule has 0 saturated carbocycles. The van der Waals surface area contributed by atoms with Crippen LogP contribution >= 0.6 is 0 Å². The Morgan fingerprint density at radius 3 is 2.65 bits per heavy atom. The molecule has 31 heavy (non-hydrogen) atoms. The lowest BCUT2D eigenvalue weighted by molar-refractivity contribution is -0.141. The molecular formula is C25H29FN2O3. The molecule has 0 aromatic heterocycles. The van der Waals surface area contributed by atoms with Gasteiger partial charge in [0, 0.05) is 32.8 Å². The lowest BCUT2D eigenvalue weighted by Crippen LogP contribution is -2.42. The Balaban J connectivity index is 1.54. The van der Waals surface area contributed by atoms with E-state index in [4.69, 9.17) is 4.74 Å². The van der Waals surface area contributed by atoms with E-state index >= 15 is 0 Å². The van der Waals surface area contributed by atoms with Crippen molar-refractivity contribution < 1.29 is 18.7 Å². The van der Waals surface area contributed by atoms with Crippen LogP contribution in [0.4, 0.5) is 4.39 Å². The van der Waals surface area contributed by atoms with Crippen LogP contribution in [0.3, 0.4) is 0 Å². The highest BCUT2D eigenvalue weighted by Crippen LogP contribution is 2.24. The highest BCUT2D eigenvalue weighted by atomic mass is 19.1. The number of likely N-dealkylation sites (N-methyl/N-ethyl adjacent to an activating group) is 1. The van der Waals surface area contributed by atoms with Crippen molar-refractivity contribution in [1.82, 2.24) is 9.80 Å². The molecule has 2 saturated heterocycles. The van der Waals surface area contributed by atoms with Gasteiger partial charge in [-0.2, -0.15) is 0 Å². The van der Waals surface area contributed by atoms with E-state index in [9.17, 15) is 14.0 Å². The molecule has 2 aliphatic heterocycles. The zero-order chi connectivity index (χ0) is 21.8. The van der Waals surface area contributed by atoms with Gasteiger partial charge in [-0.25, -0.2) is 4.39 Å². The third-order valence-electron chi connectivity index (χ3n) is 6.23. The van der Waals surface area contributed by atoms with Gasteiger partial charge in [-0.3, -0.25) is 9.59 Å². The van der Waals surface area contributed by atoms with Crippen molar-refractivity contribution in [2.24, 2.45) is 5.92 Å². The molecular weight excluding hydrogens is 395 g/mol. The number of nitrogens with zero attached hydrogens (tertiary/aromatic N) is 2. The third kappa shape index (κ3) is 4.96. The summed E-state index contributed by atoms with van der Waals surface area (Å²) in [6, 6.07) is 14.4. The largest absolute Gasteiger partial charge is 0.368 e. The molecule has 2 amide bonds. The number of rotatable bonds is 5. The van der Waals surface area contributed by atoms with Crippen molar-refractivity contribution >= 4 is 11.8 Å². The summed E-state index contributed by atoms with van der Waals surface area (Å²) in [6.07, 6.45) is 1.85. The van der Waals surface area contributed by atoms with Gasteiger partial charge in [-0.1, -0.05) is 36.4 Å². The molecule has 6 heteroatoms. The Morgan fingerprint density at radius 1 is 1.13 bits per heavy atom. The summed E-state index contributed by atoms with van der Waals surface area (Å²) in [5.74, 6) is -0.457. The lowest BCUT2D eigenvalue weighted by atomic mass is 9.94. The lowest BCUT2D eigenvalue weighted by Gasteiger charge is -2.25. The Hall–Kier alpha value is -2.73. The fourth-order valence-corrected chi connectivity index (χ4v) is 4.49. The minimum absolute atomic E-state index is 0.00770. The fourth-order valence-electron chi connectivity index (χ4n) is 4.49. The number of carbonyl (C=O) groups is 2. The van der Waals surface area contributed by atoms with Crippen LogP contribution in [-0.2, 0) is 20.7 Å². The van der Waals surface area contributed by atoms with E-state index in [1.165, 1.54) is 12.1 Å². The number of ether oxygens (including phenoxy) is 1. The van der Waals surface area contributed by atoms with E-state index in [1.807, 2.05) is 41.0 Å². The first-order valence-electron chi connectivity index (χ1n) is 11.1. The van der Waals surface area contributed by atoms with Crippen LogP contribution in [0.5, 0.6) is 0 Å². The zero-order valence-corrected chi connectivity index (χ0v) is 17.9. The Bertz CT molecular complexity index is 925. The van der Waals surface area contributed by atoms with Crippen LogP contribution in [0.15, 0.2) is 48.5 Å². The summed E-state index contributed by atoms with van der Waals surface area (Å²) in [4.78, 5) is 29.8. The maximum absolute atomic E-state index is 13.3. The van der Waals surface area contributed by atoms with Gasteiger partial charge in [0.05, 0.1) is 5.92 Å². The summed E-state index contributed by atoms with van der Waals surface area (Å²) in [7, 11) is 0. The number of halogens is 1. The maximum atomic E-state index is 13.3. The molecule has 0 aliphatic carbocycles. The van der Waals surface area contributed by atoms with E-state index in [0.717, 1.165) is 29.5 Å². The molecule has 5 nitrogen and oxygen atoms in total. The van der Waals surface area contributed by atoms with Gasteiger partial charge in [0.1, 0.15) is 11.9 Å². The summed E-state index contributed by atoms with van der Waals surface area (Å²) >= 11 is 0. The van der Waals surface area contributed by atoms with Crippen molar-refractivity contribution in [2.45, 2.75) is 32.3 Å². The Morgan fingerprint density at radius 2 is 1.94 bits per heavy atom. The second-order valence-corrected chi connectivity index (χ2v) is 8.31. The monoisotopic (exact) mass is 424 g/mol. The fraction of sp³-hybridized carbons (Fsp3) is 0.440. The number of hydrogen-bond donors (Lipinski definition) is 0. The molecule has 0 radical (unpaired) electrons. The van der Waals surface area contributed by atoms with Crippen molar-refractivity contribution in [3.8, 4) is 11.1 Å². The van der Waals surface area contributed by atoms with E-state index in [0.29, 0.717) is 39.2 Å². The van der Waals surface area contributed by atoms with Crippen LogP contribution in [0.25, 0.3) is 11.1 Å². The number of amides is 2. The van der Waals surface area contributed by atoms with E-state index < -0.39 is 0 Å². The SMILES string of the molecule is CCN1CCN(C(=O)[C@@H]2CCCO2)C[C@H](Cc2cccc(-c3ccc(F)cc3)c2)C1=O. The number of benzene rings is 2. The number of carbonyl (C=O) groups excluding carboxylic acids is 2. The first-order chi connectivity index (χ1) is 15.0. The van der Waals surface area contributed by atoms with Crippen LogP contribution in [0.1, 0.15) is 25.3 Å². The summed E-state index contributed by atoms with van der Waals surface area (Å²) in [6.45, 7) is 4.75. The molecule has 2 aromatic carbocycles. The molecule has 2 aliphatic rings. The Kier molecular flexibility index (Phi) is 6.66. The van der Waals surface area contributed by atoms with Gasteiger partial charge in [-0.15, -0.1) is 0 Å². The normalized spacial score (nSPS) is 21.9. The minimum Gasteiger partial charge on any atom is -0.368 e. The van der Waals surface area contributed by atoms with Crippen molar-refractivity contribution in [3.05, 3.63) is 59.9 Å². The van der Waals surface area contributed by atoms with E-state index in [1.54, 1.807) is 12.1 Å². The average Bonchev–Trinajstić information content (AvgIpc) is 3.28. The summed E-state index contributed by atoms with van der Waals surface area (Å²) in [5, 5.41) is 0. The molecule has 0 bridgehead atoms. The maximum Gasteiger partial charge on any atom is 0.251 e. The quantitative estimate of drug-likeness (QED) is 0.738. The Labute approximate surface area is 182 Å².